The molecule has 0 spiro atoms. The van der Waals surface area contributed by atoms with Crippen molar-refractivity contribution < 1.29 is 14.3 Å². The zero-order valence-electron chi connectivity index (χ0n) is 18.3. The molecule has 2 N–H and O–H groups in total. The van der Waals surface area contributed by atoms with Crippen molar-refractivity contribution in [1.82, 2.24) is 10.2 Å². The van der Waals surface area contributed by atoms with E-state index in [1.54, 1.807) is 6.07 Å². The Labute approximate surface area is 201 Å². The first kappa shape index (κ1) is 22.1. The number of carboxylic acid groups (broad SMARTS) is 1. The van der Waals surface area contributed by atoms with Gasteiger partial charge in [0.25, 0.3) is 0 Å². The third kappa shape index (κ3) is 4.27. The van der Waals surface area contributed by atoms with Gasteiger partial charge in [-0.3, -0.25) is 5.10 Å². The Morgan fingerprint density at radius 2 is 1.85 bits per heavy atom. The van der Waals surface area contributed by atoms with Gasteiger partial charge in [0.05, 0.1) is 10.9 Å². The van der Waals surface area contributed by atoms with Gasteiger partial charge in [0, 0.05) is 16.7 Å². The van der Waals surface area contributed by atoms with Crippen molar-refractivity contribution in [2.45, 2.75) is 19.3 Å². The molecule has 1 aliphatic carbocycles. The second-order valence-electron chi connectivity index (χ2n) is 8.47. The molecule has 4 nitrogen and oxygen atoms in total. The number of benzene rings is 3. The molecule has 6 heteroatoms. The molecule has 1 fully saturated rings. The Bertz CT molecular complexity index is 1440. The van der Waals surface area contributed by atoms with Gasteiger partial charge in [-0.1, -0.05) is 66.6 Å². The second-order valence-corrected chi connectivity index (χ2v) is 8.88. The minimum Gasteiger partial charge on any atom is -0.478 e. The van der Waals surface area contributed by atoms with Gasteiger partial charge in [-0.2, -0.15) is 4.39 Å². The maximum Gasteiger partial charge on any atom is 0.328 e. The van der Waals surface area contributed by atoms with Crippen LogP contribution in [0.3, 0.4) is 0 Å². The van der Waals surface area contributed by atoms with Crippen LogP contribution in [0.1, 0.15) is 41.5 Å². The van der Waals surface area contributed by atoms with Crippen molar-refractivity contribution in [3.63, 3.8) is 0 Å². The van der Waals surface area contributed by atoms with E-state index < -0.39 is 11.9 Å². The van der Waals surface area contributed by atoms with Crippen LogP contribution in [0.15, 0.2) is 72.8 Å². The quantitative estimate of drug-likeness (QED) is 0.230. The lowest BCUT2D eigenvalue weighted by Gasteiger charge is -2.32. The highest BCUT2D eigenvalue weighted by Crippen LogP contribution is 2.46. The number of nitrogens with one attached hydrogen (secondary N) is 1. The number of halogens is 2. The van der Waals surface area contributed by atoms with Crippen LogP contribution in [0, 0.1) is 11.9 Å². The Morgan fingerprint density at radius 3 is 2.53 bits per heavy atom. The van der Waals surface area contributed by atoms with Gasteiger partial charge in [0.1, 0.15) is 0 Å². The normalized spacial score (nSPS) is 14.9. The average molecular weight is 473 g/mol. The number of H-pyrrole nitrogens is 1. The third-order valence-electron chi connectivity index (χ3n) is 6.35. The fourth-order valence-electron chi connectivity index (χ4n) is 4.50. The number of aromatic nitrogens is 2. The van der Waals surface area contributed by atoms with E-state index in [1.807, 2.05) is 48.5 Å². The highest BCUT2D eigenvalue weighted by molar-refractivity contribution is 6.33. The third-order valence-corrected chi connectivity index (χ3v) is 6.67. The molecule has 170 valence electrons. The van der Waals surface area contributed by atoms with E-state index in [-0.39, 0.29) is 0 Å². The highest BCUT2D eigenvalue weighted by atomic mass is 35.5. The number of allylic oxidation sites excluding steroid dienone is 1. The van der Waals surface area contributed by atoms with Gasteiger partial charge in [-0.15, -0.1) is 5.10 Å². The zero-order chi connectivity index (χ0) is 23.7. The lowest BCUT2D eigenvalue weighted by Crippen LogP contribution is -2.15. The van der Waals surface area contributed by atoms with Crippen molar-refractivity contribution in [1.29, 1.82) is 0 Å². The topological polar surface area (TPSA) is 66.0 Å². The molecule has 0 atom stereocenters. The molecule has 1 aromatic heterocycles. The zero-order valence-corrected chi connectivity index (χ0v) is 19.0. The largest absolute Gasteiger partial charge is 0.478 e. The SMILES string of the molecule is O=C(O)/C=C/c1ccc(/C(=C(\c2ccccc2)C2CCC2)c2ccc3[nH]nc(F)c3c2)c(Cl)c1. The Kier molecular flexibility index (Phi) is 6.03. The van der Waals surface area contributed by atoms with Crippen LogP contribution >= 0.6 is 11.6 Å². The first-order valence-electron chi connectivity index (χ1n) is 11.2. The minimum atomic E-state index is -1.02. The van der Waals surface area contributed by atoms with Crippen molar-refractivity contribution in [3.05, 3.63) is 106 Å². The van der Waals surface area contributed by atoms with E-state index in [0.717, 1.165) is 47.6 Å². The summed E-state index contributed by atoms with van der Waals surface area (Å²) in [4.78, 5) is 10.9. The molecule has 0 unspecified atom stereocenters. The van der Waals surface area contributed by atoms with Gasteiger partial charge in [0.2, 0.25) is 5.95 Å². The molecule has 3 aromatic carbocycles. The Morgan fingerprint density at radius 1 is 1.06 bits per heavy atom. The minimum absolute atomic E-state index is 0.366. The molecule has 0 aliphatic heterocycles. The van der Waals surface area contributed by atoms with Gasteiger partial charge in [0.15, 0.2) is 0 Å². The summed E-state index contributed by atoms with van der Waals surface area (Å²) in [6, 6.07) is 21.4. The molecule has 34 heavy (non-hydrogen) atoms. The number of hydrogen-bond donors (Lipinski definition) is 2. The van der Waals surface area contributed by atoms with Gasteiger partial charge in [-0.25, -0.2) is 4.79 Å². The molecule has 0 amide bonds. The van der Waals surface area contributed by atoms with Crippen molar-refractivity contribution in [2.24, 2.45) is 5.92 Å². The Hall–Kier alpha value is -3.70. The molecule has 1 heterocycles. The number of nitrogens with zero attached hydrogens (tertiary/aromatic N) is 1. The first-order valence-corrected chi connectivity index (χ1v) is 11.5. The molecule has 0 radical (unpaired) electrons. The van der Waals surface area contributed by atoms with Crippen LogP contribution in [-0.2, 0) is 4.79 Å². The highest BCUT2D eigenvalue weighted by Gasteiger charge is 2.28. The predicted molar refractivity (Wildman–Crippen MR) is 134 cm³/mol. The lowest BCUT2D eigenvalue weighted by atomic mass is 9.73. The number of rotatable bonds is 6. The van der Waals surface area contributed by atoms with Crippen LogP contribution in [0.25, 0.3) is 28.1 Å². The van der Waals surface area contributed by atoms with Crippen LogP contribution in [0.4, 0.5) is 4.39 Å². The maximum atomic E-state index is 14.4. The van der Waals surface area contributed by atoms with Crippen LogP contribution < -0.4 is 0 Å². The molecular formula is C28H22ClFN2O2. The molecule has 0 bridgehead atoms. The van der Waals surface area contributed by atoms with E-state index in [2.05, 4.69) is 22.3 Å². The van der Waals surface area contributed by atoms with Crippen molar-refractivity contribution >= 4 is 45.7 Å². The summed E-state index contributed by atoms with van der Waals surface area (Å²) >= 11 is 6.81. The number of aromatic amines is 1. The maximum absolute atomic E-state index is 14.4. The summed E-state index contributed by atoms with van der Waals surface area (Å²) in [5.74, 6) is -1.20. The van der Waals surface area contributed by atoms with E-state index in [1.165, 1.54) is 11.6 Å². The van der Waals surface area contributed by atoms with Gasteiger partial charge >= 0.3 is 5.97 Å². The summed E-state index contributed by atoms with van der Waals surface area (Å²) in [7, 11) is 0. The van der Waals surface area contributed by atoms with Crippen molar-refractivity contribution in [2.75, 3.05) is 0 Å². The molecule has 1 saturated carbocycles. The summed E-state index contributed by atoms with van der Waals surface area (Å²) < 4.78 is 14.4. The number of hydrogen-bond acceptors (Lipinski definition) is 2. The van der Waals surface area contributed by atoms with Gasteiger partial charge in [-0.05, 0) is 70.9 Å². The van der Waals surface area contributed by atoms with Gasteiger partial charge < -0.3 is 5.11 Å². The second kappa shape index (κ2) is 9.27. The molecular weight excluding hydrogens is 451 g/mol. The fourth-order valence-corrected chi connectivity index (χ4v) is 4.78. The smallest absolute Gasteiger partial charge is 0.328 e. The van der Waals surface area contributed by atoms with Crippen LogP contribution in [-0.4, -0.2) is 21.3 Å². The molecule has 4 aromatic rings. The summed E-state index contributed by atoms with van der Waals surface area (Å²) in [5.41, 5.74) is 6.25. The monoisotopic (exact) mass is 472 g/mol. The molecule has 0 saturated heterocycles. The van der Waals surface area contributed by atoms with E-state index in [4.69, 9.17) is 16.7 Å². The van der Waals surface area contributed by atoms with E-state index in [9.17, 15) is 9.18 Å². The number of fused-ring (bicyclic) bond motifs is 1. The summed E-state index contributed by atoms with van der Waals surface area (Å²) in [5, 5.41) is 16.3. The summed E-state index contributed by atoms with van der Waals surface area (Å²) in [6.45, 7) is 0. The fraction of sp³-hybridized carbons (Fsp3) is 0.143. The molecule has 5 rings (SSSR count). The van der Waals surface area contributed by atoms with Crippen molar-refractivity contribution in [3.8, 4) is 0 Å². The molecule has 1 aliphatic rings. The predicted octanol–water partition coefficient (Wildman–Crippen LogP) is 7.21. The van der Waals surface area contributed by atoms with Crippen LogP contribution in [0.2, 0.25) is 5.02 Å². The van der Waals surface area contributed by atoms with E-state index >= 15 is 0 Å². The Balaban J connectivity index is 1.77. The first-order chi connectivity index (χ1) is 16.5. The average Bonchev–Trinajstić information content (AvgIpc) is 3.18. The van der Waals surface area contributed by atoms with E-state index in [0.29, 0.717) is 27.4 Å². The number of aliphatic carboxylic acids is 1. The summed E-state index contributed by atoms with van der Waals surface area (Å²) in [6.07, 6.45) is 5.91. The number of carboxylic acids is 1. The van der Waals surface area contributed by atoms with Crippen LogP contribution in [0.5, 0.6) is 0 Å². The lowest BCUT2D eigenvalue weighted by molar-refractivity contribution is -0.131. The number of carbonyl (C=O) groups is 1. The standard InChI is InChI=1S/C28H22ClFN2O2/c29-23-15-17(10-14-25(33)34)9-12-21(23)27(20-11-13-24-22(16-20)28(30)32-31-24)26(19-7-4-8-19)18-5-2-1-3-6-18/h1-3,5-6,9-16,19H,4,7-8H2,(H,31,32)(H,33,34)/b14-10+,27-26+.